The van der Waals surface area contributed by atoms with Gasteiger partial charge in [0.05, 0.1) is 0 Å². The van der Waals surface area contributed by atoms with E-state index in [0.29, 0.717) is 0 Å². The maximum absolute atomic E-state index is 3.69. The Morgan fingerprint density at radius 3 is 1.94 bits per heavy atom. The first kappa shape index (κ1) is 14.0. The van der Waals surface area contributed by atoms with Crippen molar-refractivity contribution in [2.75, 3.05) is 13.1 Å². The summed E-state index contributed by atoms with van der Waals surface area (Å²) in [6.45, 7) is 8.99. The molecule has 2 N–H and O–H groups in total. The standard InChI is InChI=1S/C14H30N2/c1-4-7-9-12-13(15-5-2)10-8-11-14(12)16-6-3/h12-16H,4-11H2,1-3H3. The molecule has 2 unspecified atom stereocenters. The van der Waals surface area contributed by atoms with Crippen molar-refractivity contribution in [1.82, 2.24) is 10.6 Å². The van der Waals surface area contributed by atoms with Gasteiger partial charge < -0.3 is 10.6 Å². The van der Waals surface area contributed by atoms with Gasteiger partial charge in [-0.1, -0.05) is 40.0 Å². The topological polar surface area (TPSA) is 24.1 Å². The fourth-order valence-electron chi connectivity index (χ4n) is 3.14. The first-order chi connectivity index (χ1) is 7.83. The van der Waals surface area contributed by atoms with Crippen molar-refractivity contribution in [2.24, 2.45) is 5.92 Å². The van der Waals surface area contributed by atoms with Crippen LogP contribution >= 0.6 is 0 Å². The van der Waals surface area contributed by atoms with E-state index < -0.39 is 0 Å². The van der Waals surface area contributed by atoms with Gasteiger partial charge in [-0.15, -0.1) is 0 Å². The van der Waals surface area contributed by atoms with Crippen molar-refractivity contribution in [3.8, 4) is 0 Å². The highest BCUT2D eigenvalue weighted by Crippen LogP contribution is 2.29. The average molecular weight is 226 g/mol. The van der Waals surface area contributed by atoms with Crippen LogP contribution in [0.3, 0.4) is 0 Å². The molecular weight excluding hydrogens is 196 g/mol. The molecule has 0 amide bonds. The molecule has 0 saturated heterocycles. The quantitative estimate of drug-likeness (QED) is 0.697. The van der Waals surface area contributed by atoms with Crippen molar-refractivity contribution in [3.05, 3.63) is 0 Å². The fraction of sp³-hybridized carbons (Fsp3) is 1.00. The minimum Gasteiger partial charge on any atom is -0.314 e. The van der Waals surface area contributed by atoms with E-state index in [0.717, 1.165) is 31.1 Å². The van der Waals surface area contributed by atoms with Crippen LogP contribution in [0.5, 0.6) is 0 Å². The fourth-order valence-corrected chi connectivity index (χ4v) is 3.14. The van der Waals surface area contributed by atoms with Crippen LogP contribution < -0.4 is 10.6 Å². The van der Waals surface area contributed by atoms with Gasteiger partial charge >= 0.3 is 0 Å². The molecule has 0 aromatic heterocycles. The molecule has 1 aliphatic carbocycles. The summed E-state index contributed by atoms with van der Waals surface area (Å²) in [5, 5.41) is 7.38. The molecule has 1 aliphatic rings. The molecule has 2 heteroatoms. The van der Waals surface area contributed by atoms with Gasteiger partial charge in [-0.25, -0.2) is 0 Å². The third-order valence-corrected chi connectivity index (χ3v) is 3.89. The molecule has 1 saturated carbocycles. The summed E-state index contributed by atoms with van der Waals surface area (Å²) >= 11 is 0. The van der Waals surface area contributed by atoms with Crippen LogP contribution in [0, 0.1) is 5.92 Å². The number of rotatable bonds is 7. The van der Waals surface area contributed by atoms with Gasteiger partial charge in [0, 0.05) is 12.1 Å². The SMILES string of the molecule is CCCCC1C(NCC)CCCC1NCC. The summed E-state index contributed by atoms with van der Waals surface area (Å²) in [4.78, 5) is 0. The summed E-state index contributed by atoms with van der Waals surface area (Å²) in [7, 11) is 0. The van der Waals surface area contributed by atoms with Gasteiger partial charge in [0.15, 0.2) is 0 Å². The normalized spacial score (nSPS) is 30.6. The summed E-state index contributed by atoms with van der Waals surface area (Å²) in [6.07, 6.45) is 8.25. The number of nitrogens with one attached hydrogen (secondary N) is 2. The van der Waals surface area contributed by atoms with E-state index in [9.17, 15) is 0 Å². The Hall–Kier alpha value is -0.0800. The zero-order chi connectivity index (χ0) is 11.8. The molecule has 96 valence electrons. The molecule has 0 bridgehead atoms. The zero-order valence-corrected chi connectivity index (χ0v) is 11.4. The zero-order valence-electron chi connectivity index (χ0n) is 11.4. The van der Waals surface area contributed by atoms with Crippen LogP contribution in [0.25, 0.3) is 0 Å². The van der Waals surface area contributed by atoms with E-state index in [1.807, 2.05) is 0 Å². The number of hydrogen-bond acceptors (Lipinski definition) is 2. The van der Waals surface area contributed by atoms with Gasteiger partial charge in [0.25, 0.3) is 0 Å². The Kier molecular flexibility index (Phi) is 7.06. The Morgan fingerprint density at radius 1 is 0.938 bits per heavy atom. The minimum atomic E-state index is 0.759. The highest BCUT2D eigenvalue weighted by molar-refractivity contribution is 4.90. The molecule has 0 aliphatic heterocycles. The molecule has 1 fully saturated rings. The lowest BCUT2D eigenvalue weighted by molar-refractivity contribution is 0.189. The van der Waals surface area contributed by atoms with Crippen molar-refractivity contribution in [2.45, 2.75) is 71.4 Å². The van der Waals surface area contributed by atoms with Crippen LogP contribution in [0.4, 0.5) is 0 Å². The van der Waals surface area contributed by atoms with Gasteiger partial charge in [0.1, 0.15) is 0 Å². The lowest BCUT2D eigenvalue weighted by atomic mass is 9.77. The number of hydrogen-bond donors (Lipinski definition) is 2. The molecule has 2 atom stereocenters. The predicted octanol–water partition coefficient (Wildman–Crippen LogP) is 2.93. The van der Waals surface area contributed by atoms with E-state index in [-0.39, 0.29) is 0 Å². The highest BCUT2D eigenvalue weighted by atomic mass is 15.0. The summed E-state index contributed by atoms with van der Waals surface area (Å²) in [6, 6.07) is 1.52. The Morgan fingerprint density at radius 2 is 1.50 bits per heavy atom. The molecule has 0 aromatic rings. The molecule has 0 spiro atoms. The summed E-state index contributed by atoms with van der Waals surface area (Å²) in [5.41, 5.74) is 0. The third-order valence-electron chi connectivity index (χ3n) is 3.89. The number of unbranched alkanes of at least 4 members (excludes halogenated alkanes) is 1. The minimum absolute atomic E-state index is 0.759. The van der Waals surface area contributed by atoms with Crippen molar-refractivity contribution in [3.63, 3.8) is 0 Å². The van der Waals surface area contributed by atoms with E-state index in [4.69, 9.17) is 0 Å². The predicted molar refractivity (Wildman–Crippen MR) is 71.8 cm³/mol. The first-order valence-electron chi connectivity index (χ1n) is 7.30. The molecule has 0 heterocycles. The van der Waals surface area contributed by atoms with Crippen LogP contribution in [0.2, 0.25) is 0 Å². The second-order valence-electron chi connectivity index (χ2n) is 5.07. The molecule has 1 rings (SSSR count). The van der Waals surface area contributed by atoms with Crippen molar-refractivity contribution >= 4 is 0 Å². The van der Waals surface area contributed by atoms with Crippen LogP contribution in [0.15, 0.2) is 0 Å². The molecule has 0 radical (unpaired) electrons. The van der Waals surface area contributed by atoms with Crippen LogP contribution in [-0.4, -0.2) is 25.2 Å². The van der Waals surface area contributed by atoms with E-state index in [1.165, 1.54) is 38.5 Å². The Labute approximate surface area is 102 Å². The average Bonchev–Trinajstić information content (AvgIpc) is 2.29. The maximum atomic E-state index is 3.69. The molecule has 16 heavy (non-hydrogen) atoms. The molecule has 0 aromatic carbocycles. The van der Waals surface area contributed by atoms with Gasteiger partial charge in [0.2, 0.25) is 0 Å². The van der Waals surface area contributed by atoms with Crippen molar-refractivity contribution < 1.29 is 0 Å². The largest absolute Gasteiger partial charge is 0.314 e. The smallest absolute Gasteiger partial charge is 0.0110 e. The van der Waals surface area contributed by atoms with Gasteiger partial charge in [-0.2, -0.15) is 0 Å². The Balaban J connectivity index is 2.52. The van der Waals surface area contributed by atoms with E-state index >= 15 is 0 Å². The third kappa shape index (κ3) is 4.06. The van der Waals surface area contributed by atoms with Crippen LogP contribution in [-0.2, 0) is 0 Å². The highest BCUT2D eigenvalue weighted by Gasteiger charge is 2.31. The van der Waals surface area contributed by atoms with Crippen LogP contribution in [0.1, 0.15) is 59.3 Å². The second kappa shape index (κ2) is 8.08. The molecule has 2 nitrogen and oxygen atoms in total. The monoisotopic (exact) mass is 226 g/mol. The van der Waals surface area contributed by atoms with Crippen molar-refractivity contribution in [1.29, 1.82) is 0 Å². The summed E-state index contributed by atoms with van der Waals surface area (Å²) < 4.78 is 0. The summed E-state index contributed by atoms with van der Waals surface area (Å²) in [5.74, 6) is 0.855. The first-order valence-corrected chi connectivity index (χ1v) is 7.30. The van der Waals surface area contributed by atoms with Gasteiger partial charge in [-0.3, -0.25) is 0 Å². The van der Waals surface area contributed by atoms with E-state index in [2.05, 4.69) is 31.4 Å². The second-order valence-corrected chi connectivity index (χ2v) is 5.07. The Bertz CT molecular complexity index is 152. The maximum Gasteiger partial charge on any atom is 0.0110 e. The molecular formula is C14H30N2. The lowest BCUT2D eigenvalue weighted by Gasteiger charge is -2.39. The van der Waals surface area contributed by atoms with E-state index in [1.54, 1.807) is 0 Å². The lowest BCUT2D eigenvalue weighted by Crippen LogP contribution is -2.50. The van der Waals surface area contributed by atoms with Gasteiger partial charge in [-0.05, 0) is 38.3 Å².